The van der Waals surface area contributed by atoms with Gasteiger partial charge in [0.05, 0.1) is 0 Å². The average Bonchev–Trinajstić information content (AvgIpc) is 2.47. The third kappa shape index (κ3) is 3.15. The minimum absolute atomic E-state index is 0.320. The molecular weight excluding hydrogens is 176 g/mol. The summed E-state index contributed by atoms with van der Waals surface area (Å²) in [6.45, 7) is 9.08. The van der Waals surface area contributed by atoms with Crippen LogP contribution in [-0.2, 0) is 11.8 Å². The van der Waals surface area contributed by atoms with Gasteiger partial charge in [-0.3, -0.25) is 0 Å². The molecule has 0 unspecified atom stereocenters. The molecule has 0 nitrogen and oxygen atoms in total. The van der Waals surface area contributed by atoms with Gasteiger partial charge in [-0.1, -0.05) is 34.1 Å². The minimum atomic E-state index is 0.320. The Morgan fingerprint density at radius 3 is 2.46 bits per heavy atom. The summed E-state index contributed by atoms with van der Waals surface area (Å²) in [4.78, 5) is 1.55. The Hall–Kier alpha value is -0.300. The third-order valence-corrected chi connectivity index (χ3v) is 3.29. The van der Waals surface area contributed by atoms with Gasteiger partial charge >= 0.3 is 0 Å². The highest BCUT2D eigenvalue weighted by Gasteiger charge is 2.14. The molecule has 0 saturated carbocycles. The van der Waals surface area contributed by atoms with E-state index in [0.717, 1.165) is 0 Å². The van der Waals surface area contributed by atoms with Crippen molar-refractivity contribution in [3.8, 4) is 0 Å². The van der Waals surface area contributed by atoms with Gasteiger partial charge in [0.1, 0.15) is 0 Å². The second kappa shape index (κ2) is 4.28. The Balaban J connectivity index is 2.64. The fraction of sp³-hybridized carbons (Fsp3) is 0.667. The van der Waals surface area contributed by atoms with E-state index in [1.165, 1.54) is 24.8 Å². The first-order valence-corrected chi connectivity index (χ1v) is 6.00. The first kappa shape index (κ1) is 10.8. The molecule has 1 heteroatoms. The fourth-order valence-electron chi connectivity index (χ4n) is 1.26. The van der Waals surface area contributed by atoms with Crippen molar-refractivity contribution in [2.45, 2.75) is 52.4 Å². The van der Waals surface area contributed by atoms with E-state index in [1.54, 1.807) is 4.88 Å². The van der Waals surface area contributed by atoms with Crippen molar-refractivity contribution >= 4 is 11.3 Å². The first-order chi connectivity index (χ1) is 6.04. The topological polar surface area (TPSA) is 0 Å². The average molecular weight is 196 g/mol. The summed E-state index contributed by atoms with van der Waals surface area (Å²) < 4.78 is 0. The Morgan fingerprint density at radius 2 is 2.00 bits per heavy atom. The van der Waals surface area contributed by atoms with Gasteiger partial charge in [-0.25, -0.2) is 0 Å². The zero-order chi connectivity index (χ0) is 9.90. The maximum absolute atomic E-state index is 2.38. The molecule has 0 amide bonds. The Bertz CT molecular complexity index is 252. The van der Waals surface area contributed by atoms with Gasteiger partial charge in [0.15, 0.2) is 0 Å². The molecule has 0 fully saturated rings. The summed E-state index contributed by atoms with van der Waals surface area (Å²) in [7, 11) is 0. The molecule has 1 aromatic rings. The van der Waals surface area contributed by atoms with Crippen molar-refractivity contribution in [1.82, 2.24) is 0 Å². The van der Waals surface area contributed by atoms with Crippen LogP contribution in [0.15, 0.2) is 11.4 Å². The highest BCUT2D eigenvalue weighted by atomic mass is 32.1. The van der Waals surface area contributed by atoms with Gasteiger partial charge < -0.3 is 0 Å². The predicted molar refractivity (Wildman–Crippen MR) is 61.6 cm³/mol. The molecule has 0 atom stereocenters. The molecule has 74 valence electrons. The number of hydrogen-bond donors (Lipinski definition) is 0. The lowest BCUT2D eigenvalue weighted by Crippen LogP contribution is -2.09. The van der Waals surface area contributed by atoms with Gasteiger partial charge in [-0.2, -0.15) is 0 Å². The second-order valence-corrected chi connectivity index (χ2v) is 5.65. The third-order valence-electron chi connectivity index (χ3n) is 2.30. The molecule has 0 radical (unpaired) electrons. The number of unbranched alkanes of at least 4 members (excludes halogenated alkanes) is 1. The summed E-state index contributed by atoms with van der Waals surface area (Å²) in [6, 6.07) is 2.38. The van der Waals surface area contributed by atoms with E-state index < -0.39 is 0 Å². The lowest BCUT2D eigenvalue weighted by Gasteiger charge is -2.15. The van der Waals surface area contributed by atoms with E-state index in [1.807, 2.05) is 11.3 Å². The summed E-state index contributed by atoms with van der Waals surface area (Å²) in [6.07, 6.45) is 3.88. The number of aryl methyl sites for hydroxylation is 1. The van der Waals surface area contributed by atoms with E-state index in [-0.39, 0.29) is 0 Å². The molecule has 0 bridgehead atoms. The molecule has 0 aliphatic rings. The van der Waals surface area contributed by atoms with Gasteiger partial charge in [0.25, 0.3) is 0 Å². The SMILES string of the molecule is CCCCc1cc(C(C)(C)C)cs1. The van der Waals surface area contributed by atoms with Crippen LogP contribution in [0.25, 0.3) is 0 Å². The Kier molecular flexibility index (Phi) is 3.55. The van der Waals surface area contributed by atoms with Crippen LogP contribution in [-0.4, -0.2) is 0 Å². The van der Waals surface area contributed by atoms with Crippen LogP contribution in [0.3, 0.4) is 0 Å². The van der Waals surface area contributed by atoms with Crippen molar-refractivity contribution in [2.75, 3.05) is 0 Å². The van der Waals surface area contributed by atoms with Crippen molar-refractivity contribution in [3.63, 3.8) is 0 Å². The van der Waals surface area contributed by atoms with Crippen molar-refractivity contribution in [1.29, 1.82) is 0 Å². The molecule has 1 heterocycles. The summed E-state index contributed by atoms with van der Waals surface area (Å²) in [5, 5.41) is 2.31. The highest BCUT2D eigenvalue weighted by Crippen LogP contribution is 2.27. The van der Waals surface area contributed by atoms with Gasteiger partial charge in [0, 0.05) is 4.88 Å². The predicted octanol–water partition coefficient (Wildman–Crippen LogP) is 4.39. The van der Waals surface area contributed by atoms with Gasteiger partial charge in [0.2, 0.25) is 0 Å². The van der Waals surface area contributed by atoms with E-state index in [9.17, 15) is 0 Å². The second-order valence-electron chi connectivity index (χ2n) is 4.66. The molecule has 13 heavy (non-hydrogen) atoms. The number of hydrogen-bond acceptors (Lipinski definition) is 1. The minimum Gasteiger partial charge on any atom is -0.149 e. The summed E-state index contributed by atoms with van der Waals surface area (Å²) in [5.41, 5.74) is 1.81. The molecule has 1 aromatic heterocycles. The highest BCUT2D eigenvalue weighted by molar-refractivity contribution is 7.10. The van der Waals surface area contributed by atoms with Crippen molar-refractivity contribution in [2.24, 2.45) is 0 Å². The zero-order valence-corrected chi connectivity index (χ0v) is 10.0. The molecule has 0 N–H and O–H groups in total. The normalized spacial score (nSPS) is 12.0. The molecular formula is C12H20S. The van der Waals surface area contributed by atoms with Crippen LogP contribution in [0.2, 0.25) is 0 Å². The smallest absolute Gasteiger partial charge is 0.00482 e. The molecule has 0 aliphatic carbocycles. The van der Waals surface area contributed by atoms with Crippen molar-refractivity contribution in [3.05, 3.63) is 21.9 Å². The number of rotatable bonds is 3. The van der Waals surface area contributed by atoms with Crippen molar-refractivity contribution < 1.29 is 0 Å². The van der Waals surface area contributed by atoms with E-state index in [0.29, 0.717) is 5.41 Å². The quantitative estimate of drug-likeness (QED) is 0.672. The van der Waals surface area contributed by atoms with Crippen LogP contribution in [0, 0.1) is 0 Å². The van der Waals surface area contributed by atoms with E-state index in [4.69, 9.17) is 0 Å². The van der Waals surface area contributed by atoms with E-state index in [2.05, 4.69) is 39.1 Å². The van der Waals surface area contributed by atoms with Crippen LogP contribution < -0.4 is 0 Å². The maximum atomic E-state index is 2.38. The molecule has 0 aliphatic heterocycles. The Morgan fingerprint density at radius 1 is 1.31 bits per heavy atom. The van der Waals surface area contributed by atoms with Gasteiger partial charge in [-0.05, 0) is 35.3 Å². The van der Waals surface area contributed by atoms with Gasteiger partial charge in [-0.15, -0.1) is 11.3 Å². The lowest BCUT2D eigenvalue weighted by atomic mass is 9.89. The van der Waals surface area contributed by atoms with E-state index >= 15 is 0 Å². The molecule has 0 saturated heterocycles. The Labute approximate surface area is 86.0 Å². The fourth-order valence-corrected chi connectivity index (χ4v) is 2.41. The lowest BCUT2D eigenvalue weighted by molar-refractivity contribution is 0.592. The monoisotopic (exact) mass is 196 g/mol. The standard InChI is InChI=1S/C12H20S/c1-5-6-7-11-8-10(9-13-11)12(2,3)4/h8-9H,5-7H2,1-4H3. The van der Waals surface area contributed by atoms with Crippen LogP contribution in [0.5, 0.6) is 0 Å². The molecule has 0 aromatic carbocycles. The van der Waals surface area contributed by atoms with Crippen LogP contribution in [0.4, 0.5) is 0 Å². The first-order valence-electron chi connectivity index (χ1n) is 5.12. The molecule has 0 spiro atoms. The molecule has 1 rings (SSSR count). The maximum Gasteiger partial charge on any atom is 0.00482 e. The van der Waals surface area contributed by atoms with Crippen LogP contribution in [0.1, 0.15) is 51.0 Å². The summed E-state index contributed by atoms with van der Waals surface area (Å²) in [5.74, 6) is 0. The van der Waals surface area contributed by atoms with Crippen LogP contribution >= 0.6 is 11.3 Å². The zero-order valence-electron chi connectivity index (χ0n) is 9.18. The summed E-state index contributed by atoms with van der Waals surface area (Å²) >= 11 is 1.92. The number of thiophene rings is 1. The largest absolute Gasteiger partial charge is 0.149 e.